The van der Waals surface area contributed by atoms with E-state index in [2.05, 4.69) is 6.92 Å². The molecule has 2 nitrogen and oxygen atoms in total. The molecule has 0 spiro atoms. The fraction of sp³-hybridized carbons (Fsp3) is 0.538. The molecule has 3 unspecified atom stereocenters. The normalized spacial score (nSPS) is 26.1. The molecule has 0 radical (unpaired) electrons. The second-order valence-electron chi connectivity index (χ2n) is 4.68. The Kier molecular flexibility index (Phi) is 4.31. The topological polar surface area (TPSA) is 35.2 Å². The summed E-state index contributed by atoms with van der Waals surface area (Å²) in [6, 6.07) is 5.62. The van der Waals surface area contributed by atoms with Crippen LogP contribution in [0.2, 0.25) is 10.0 Å². The largest absolute Gasteiger partial charge is 0.376 e. The Bertz CT molecular complexity index is 397. The maximum Gasteiger partial charge on any atom is 0.0755 e. The summed E-state index contributed by atoms with van der Waals surface area (Å²) in [4.78, 5) is 0. The summed E-state index contributed by atoms with van der Waals surface area (Å²) in [7, 11) is 0. The standard InChI is InChI=1S/C13H17Cl2NO/c1-8-5-6-17-13(8)11(16)7-9-3-2-4-10(14)12(9)15/h2-4,8,11,13H,5-7,16H2,1H3. The van der Waals surface area contributed by atoms with Crippen LogP contribution >= 0.6 is 23.2 Å². The highest BCUT2D eigenvalue weighted by Gasteiger charge is 2.30. The van der Waals surface area contributed by atoms with Crippen LogP contribution in [0.25, 0.3) is 0 Å². The SMILES string of the molecule is CC1CCOC1C(N)Cc1cccc(Cl)c1Cl. The number of nitrogens with two attached hydrogens (primary N) is 1. The summed E-state index contributed by atoms with van der Waals surface area (Å²) in [5.74, 6) is 0.517. The molecule has 1 fully saturated rings. The van der Waals surface area contributed by atoms with Crippen molar-refractivity contribution in [1.82, 2.24) is 0 Å². The first-order valence-corrected chi connectivity index (χ1v) is 6.65. The third kappa shape index (κ3) is 2.94. The molecule has 1 aromatic carbocycles. The molecule has 0 aromatic heterocycles. The molecular weight excluding hydrogens is 257 g/mol. The summed E-state index contributed by atoms with van der Waals surface area (Å²) in [5.41, 5.74) is 7.19. The van der Waals surface area contributed by atoms with Crippen LogP contribution in [0.15, 0.2) is 18.2 Å². The van der Waals surface area contributed by atoms with Crippen molar-refractivity contribution in [3.8, 4) is 0 Å². The van der Waals surface area contributed by atoms with Crippen LogP contribution in [0.5, 0.6) is 0 Å². The van der Waals surface area contributed by atoms with Crippen molar-refractivity contribution in [3.05, 3.63) is 33.8 Å². The average Bonchev–Trinajstić information content (AvgIpc) is 2.71. The van der Waals surface area contributed by atoms with Crippen molar-refractivity contribution in [2.75, 3.05) is 6.61 Å². The second kappa shape index (κ2) is 5.57. The molecule has 0 aliphatic carbocycles. The molecule has 17 heavy (non-hydrogen) atoms. The highest BCUT2D eigenvalue weighted by atomic mass is 35.5. The van der Waals surface area contributed by atoms with E-state index in [9.17, 15) is 0 Å². The van der Waals surface area contributed by atoms with Crippen LogP contribution in [0.4, 0.5) is 0 Å². The molecule has 4 heteroatoms. The van der Waals surface area contributed by atoms with Gasteiger partial charge in [-0.15, -0.1) is 0 Å². The van der Waals surface area contributed by atoms with E-state index < -0.39 is 0 Å². The third-order valence-electron chi connectivity index (χ3n) is 3.35. The van der Waals surface area contributed by atoms with Gasteiger partial charge in [-0.05, 0) is 30.4 Å². The monoisotopic (exact) mass is 273 g/mol. The zero-order chi connectivity index (χ0) is 12.4. The summed E-state index contributed by atoms with van der Waals surface area (Å²) in [6.07, 6.45) is 1.92. The fourth-order valence-corrected chi connectivity index (χ4v) is 2.74. The van der Waals surface area contributed by atoms with E-state index in [0.717, 1.165) is 18.6 Å². The Labute approximate surface area is 112 Å². The first-order chi connectivity index (χ1) is 8.09. The number of hydrogen-bond acceptors (Lipinski definition) is 2. The zero-order valence-corrected chi connectivity index (χ0v) is 11.3. The van der Waals surface area contributed by atoms with Crippen molar-refractivity contribution in [2.24, 2.45) is 11.7 Å². The lowest BCUT2D eigenvalue weighted by Gasteiger charge is -2.22. The van der Waals surface area contributed by atoms with E-state index in [1.165, 1.54) is 0 Å². The van der Waals surface area contributed by atoms with Gasteiger partial charge in [0.15, 0.2) is 0 Å². The molecule has 94 valence electrons. The van der Waals surface area contributed by atoms with Crippen LogP contribution in [0.3, 0.4) is 0 Å². The van der Waals surface area contributed by atoms with Crippen molar-refractivity contribution in [1.29, 1.82) is 0 Å². The lowest BCUT2D eigenvalue weighted by atomic mass is 9.93. The predicted molar refractivity (Wildman–Crippen MR) is 71.7 cm³/mol. The van der Waals surface area contributed by atoms with Crippen molar-refractivity contribution in [2.45, 2.75) is 31.9 Å². The van der Waals surface area contributed by atoms with Crippen LogP contribution in [-0.4, -0.2) is 18.8 Å². The zero-order valence-electron chi connectivity index (χ0n) is 9.83. The summed E-state index contributed by atoms with van der Waals surface area (Å²) in [6.45, 7) is 2.99. The van der Waals surface area contributed by atoms with E-state index >= 15 is 0 Å². The average molecular weight is 274 g/mol. The van der Waals surface area contributed by atoms with Crippen LogP contribution in [0, 0.1) is 5.92 Å². The molecule has 1 aliphatic rings. The van der Waals surface area contributed by atoms with Gasteiger partial charge in [-0.3, -0.25) is 0 Å². The molecule has 1 heterocycles. The molecule has 1 aromatic rings. The third-order valence-corrected chi connectivity index (χ3v) is 4.21. The number of benzene rings is 1. The Morgan fingerprint density at radius 3 is 2.88 bits per heavy atom. The van der Waals surface area contributed by atoms with Crippen molar-refractivity contribution >= 4 is 23.2 Å². The van der Waals surface area contributed by atoms with E-state index in [4.69, 9.17) is 33.7 Å². The minimum absolute atomic E-state index is 0.0246. The minimum Gasteiger partial charge on any atom is -0.376 e. The van der Waals surface area contributed by atoms with Crippen molar-refractivity contribution < 1.29 is 4.74 Å². The molecule has 2 rings (SSSR count). The lowest BCUT2D eigenvalue weighted by Crippen LogP contribution is -2.39. The highest BCUT2D eigenvalue weighted by Crippen LogP contribution is 2.29. The van der Waals surface area contributed by atoms with Crippen LogP contribution in [-0.2, 0) is 11.2 Å². The Morgan fingerprint density at radius 1 is 1.47 bits per heavy atom. The number of rotatable bonds is 3. The van der Waals surface area contributed by atoms with Gasteiger partial charge < -0.3 is 10.5 Å². The van der Waals surface area contributed by atoms with Crippen LogP contribution in [0.1, 0.15) is 18.9 Å². The van der Waals surface area contributed by atoms with Gasteiger partial charge in [0.05, 0.1) is 16.1 Å². The number of halogens is 2. The Balaban J connectivity index is 2.07. The van der Waals surface area contributed by atoms with E-state index in [1.54, 1.807) is 6.07 Å². The molecule has 1 saturated heterocycles. The lowest BCUT2D eigenvalue weighted by molar-refractivity contribution is 0.0726. The molecule has 0 saturated carbocycles. The van der Waals surface area contributed by atoms with Crippen LogP contribution < -0.4 is 5.73 Å². The Hall–Kier alpha value is -0.280. The minimum atomic E-state index is -0.0246. The molecule has 0 amide bonds. The van der Waals surface area contributed by atoms with Gasteiger partial charge in [-0.1, -0.05) is 42.3 Å². The highest BCUT2D eigenvalue weighted by molar-refractivity contribution is 6.42. The smallest absolute Gasteiger partial charge is 0.0755 e. The number of ether oxygens (including phenoxy) is 1. The summed E-state index contributed by atoms with van der Waals surface area (Å²) < 4.78 is 5.67. The molecule has 1 aliphatic heterocycles. The molecule has 2 N–H and O–H groups in total. The van der Waals surface area contributed by atoms with Gasteiger partial charge in [0.25, 0.3) is 0 Å². The van der Waals surface area contributed by atoms with Gasteiger partial charge in [0.1, 0.15) is 0 Å². The van der Waals surface area contributed by atoms with Gasteiger partial charge in [0.2, 0.25) is 0 Å². The van der Waals surface area contributed by atoms with Gasteiger partial charge >= 0.3 is 0 Å². The maximum absolute atomic E-state index is 6.19. The first-order valence-electron chi connectivity index (χ1n) is 5.89. The quantitative estimate of drug-likeness (QED) is 0.918. The molecular formula is C13H17Cl2NO. The van der Waals surface area contributed by atoms with E-state index in [1.807, 2.05) is 12.1 Å². The summed E-state index contributed by atoms with van der Waals surface area (Å²) in [5, 5.41) is 1.19. The van der Waals surface area contributed by atoms with Gasteiger partial charge in [-0.25, -0.2) is 0 Å². The molecule has 0 bridgehead atoms. The Morgan fingerprint density at radius 2 is 2.24 bits per heavy atom. The summed E-state index contributed by atoms with van der Waals surface area (Å²) >= 11 is 12.1. The second-order valence-corrected chi connectivity index (χ2v) is 5.47. The van der Waals surface area contributed by atoms with Gasteiger partial charge in [-0.2, -0.15) is 0 Å². The van der Waals surface area contributed by atoms with Crippen molar-refractivity contribution in [3.63, 3.8) is 0 Å². The van der Waals surface area contributed by atoms with Gasteiger partial charge in [0, 0.05) is 12.6 Å². The van der Waals surface area contributed by atoms with E-state index in [-0.39, 0.29) is 12.1 Å². The number of hydrogen-bond donors (Lipinski definition) is 1. The maximum atomic E-state index is 6.19. The fourth-order valence-electron chi connectivity index (χ4n) is 2.34. The molecule has 3 atom stereocenters. The predicted octanol–water partition coefficient (Wildman–Crippen LogP) is 3.29. The first kappa shape index (κ1) is 13.2. The van der Waals surface area contributed by atoms with E-state index in [0.29, 0.717) is 22.4 Å².